The number of pyridine rings is 1. The summed E-state index contributed by atoms with van der Waals surface area (Å²) in [5.74, 6) is 0. The Balaban J connectivity index is 1.23. The zero-order chi connectivity index (χ0) is 28.3. The van der Waals surface area contributed by atoms with Gasteiger partial charge in [-0.1, -0.05) is 72.8 Å². The number of fused-ring (bicyclic) bond motifs is 7. The quantitative estimate of drug-likeness (QED) is 0.205. The molecule has 0 bridgehead atoms. The third kappa shape index (κ3) is 4.10. The second-order valence-corrected chi connectivity index (χ2v) is 13.0. The SMILES string of the molecule is c1ccc(-c2ccc(N(c3ccc4c(c3)sc3cc5cccnc5cc34)c3ccc4sc5ccccc5c4c3)cc2)cc1. The lowest BCUT2D eigenvalue weighted by Crippen LogP contribution is -2.09. The zero-order valence-electron chi connectivity index (χ0n) is 23.1. The van der Waals surface area contributed by atoms with Crippen LogP contribution in [0.2, 0.25) is 0 Å². The van der Waals surface area contributed by atoms with Crippen LogP contribution in [0, 0.1) is 0 Å². The smallest absolute Gasteiger partial charge is 0.0709 e. The predicted octanol–water partition coefficient (Wildman–Crippen LogP) is 12.1. The van der Waals surface area contributed by atoms with Crippen LogP contribution in [-0.4, -0.2) is 4.98 Å². The maximum absolute atomic E-state index is 4.61. The molecule has 9 rings (SSSR count). The highest BCUT2D eigenvalue weighted by atomic mass is 32.1. The van der Waals surface area contributed by atoms with Crippen LogP contribution < -0.4 is 4.90 Å². The molecule has 0 spiro atoms. The molecule has 9 aromatic rings. The van der Waals surface area contributed by atoms with E-state index in [1.807, 2.05) is 34.9 Å². The molecule has 0 N–H and O–H groups in total. The molecule has 0 unspecified atom stereocenters. The average molecular weight is 585 g/mol. The molecule has 0 aliphatic carbocycles. The van der Waals surface area contributed by atoms with Crippen molar-refractivity contribution in [1.82, 2.24) is 4.98 Å². The van der Waals surface area contributed by atoms with E-state index in [4.69, 9.17) is 0 Å². The van der Waals surface area contributed by atoms with Crippen LogP contribution in [0.3, 0.4) is 0 Å². The third-order valence-electron chi connectivity index (χ3n) is 8.29. The lowest BCUT2D eigenvalue weighted by molar-refractivity contribution is 1.30. The van der Waals surface area contributed by atoms with E-state index in [0.29, 0.717) is 0 Å². The van der Waals surface area contributed by atoms with E-state index in [-0.39, 0.29) is 0 Å². The summed E-state index contributed by atoms with van der Waals surface area (Å²) < 4.78 is 5.19. The Morgan fingerprint density at radius 2 is 1.07 bits per heavy atom. The molecule has 0 atom stereocenters. The lowest BCUT2D eigenvalue weighted by Gasteiger charge is -2.26. The van der Waals surface area contributed by atoms with Crippen LogP contribution in [0.25, 0.3) is 62.4 Å². The maximum Gasteiger partial charge on any atom is 0.0709 e. The van der Waals surface area contributed by atoms with Gasteiger partial charge in [0.15, 0.2) is 0 Å². The summed E-state index contributed by atoms with van der Waals surface area (Å²) in [5, 5.41) is 6.33. The Morgan fingerprint density at radius 1 is 0.419 bits per heavy atom. The number of thiophene rings is 2. The van der Waals surface area contributed by atoms with Crippen LogP contribution in [0.4, 0.5) is 17.1 Å². The molecule has 2 nitrogen and oxygen atoms in total. The number of hydrogen-bond acceptors (Lipinski definition) is 4. The molecule has 0 aliphatic heterocycles. The Morgan fingerprint density at radius 3 is 1.98 bits per heavy atom. The standard InChI is InChI=1S/C39H24N2S2/c1-2-7-25(8-3-1)26-12-14-28(15-13-26)41(29-17-19-37-33(22-29)31-10-4-5-11-36(31)42-37)30-16-18-32-34-24-35-27(9-6-20-40-35)21-38(34)43-39(32)23-30/h1-24H. The van der Waals surface area contributed by atoms with Crippen molar-refractivity contribution in [1.29, 1.82) is 0 Å². The number of rotatable bonds is 4. The monoisotopic (exact) mass is 584 g/mol. The molecular weight excluding hydrogens is 561 g/mol. The van der Waals surface area contributed by atoms with Gasteiger partial charge in [0, 0.05) is 69.0 Å². The molecule has 4 heteroatoms. The molecule has 3 aromatic heterocycles. The first-order chi connectivity index (χ1) is 21.3. The number of nitrogens with zero attached hydrogens (tertiary/aromatic N) is 2. The second-order valence-electron chi connectivity index (χ2n) is 10.9. The van der Waals surface area contributed by atoms with Crippen LogP contribution >= 0.6 is 22.7 Å². The summed E-state index contributed by atoms with van der Waals surface area (Å²) >= 11 is 3.71. The third-order valence-corrected chi connectivity index (χ3v) is 10.6. The summed E-state index contributed by atoms with van der Waals surface area (Å²) in [7, 11) is 0. The highest BCUT2D eigenvalue weighted by molar-refractivity contribution is 7.26. The first-order valence-electron chi connectivity index (χ1n) is 14.4. The molecule has 202 valence electrons. The van der Waals surface area contributed by atoms with E-state index >= 15 is 0 Å². The summed E-state index contributed by atoms with van der Waals surface area (Å²) in [5.41, 5.74) is 6.90. The Hall–Kier alpha value is -5.03. The summed E-state index contributed by atoms with van der Waals surface area (Å²) in [6.45, 7) is 0. The molecule has 0 saturated carbocycles. The van der Waals surface area contributed by atoms with Crippen molar-refractivity contribution in [2.45, 2.75) is 0 Å². The Labute approximate surface area is 256 Å². The van der Waals surface area contributed by atoms with Crippen LogP contribution in [0.5, 0.6) is 0 Å². The minimum absolute atomic E-state index is 1.04. The second kappa shape index (κ2) is 9.77. The Bertz CT molecular complexity index is 2450. The van der Waals surface area contributed by atoms with E-state index in [2.05, 4.69) is 143 Å². The molecular formula is C39H24N2S2. The van der Waals surface area contributed by atoms with E-state index < -0.39 is 0 Å². The first kappa shape index (κ1) is 24.6. The van der Waals surface area contributed by atoms with Crippen LogP contribution in [0.15, 0.2) is 146 Å². The predicted molar refractivity (Wildman–Crippen MR) is 188 cm³/mol. The number of aromatic nitrogens is 1. The van der Waals surface area contributed by atoms with Crippen molar-refractivity contribution in [2.75, 3.05) is 4.90 Å². The van der Waals surface area contributed by atoms with Gasteiger partial charge in [-0.15, -0.1) is 22.7 Å². The minimum Gasteiger partial charge on any atom is -0.310 e. The van der Waals surface area contributed by atoms with Crippen LogP contribution in [0.1, 0.15) is 0 Å². The van der Waals surface area contributed by atoms with Crippen molar-refractivity contribution in [2.24, 2.45) is 0 Å². The van der Waals surface area contributed by atoms with Crippen molar-refractivity contribution in [3.63, 3.8) is 0 Å². The summed E-state index contributed by atoms with van der Waals surface area (Å²) in [6, 6.07) is 50.7. The highest BCUT2D eigenvalue weighted by Gasteiger charge is 2.17. The van der Waals surface area contributed by atoms with Crippen molar-refractivity contribution < 1.29 is 0 Å². The van der Waals surface area contributed by atoms with Gasteiger partial charge in [0.2, 0.25) is 0 Å². The van der Waals surface area contributed by atoms with Gasteiger partial charge in [-0.25, -0.2) is 0 Å². The molecule has 0 amide bonds. The molecule has 3 heterocycles. The first-order valence-corrected chi connectivity index (χ1v) is 16.0. The van der Waals surface area contributed by atoms with Gasteiger partial charge >= 0.3 is 0 Å². The summed E-state index contributed by atoms with van der Waals surface area (Å²) in [6.07, 6.45) is 1.87. The molecule has 0 radical (unpaired) electrons. The lowest BCUT2D eigenvalue weighted by atomic mass is 10.0. The van der Waals surface area contributed by atoms with Crippen LogP contribution in [-0.2, 0) is 0 Å². The minimum atomic E-state index is 1.04. The molecule has 0 saturated heterocycles. The fourth-order valence-electron chi connectivity index (χ4n) is 6.20. The maximum atomic E-state index is 4.61. The van der Waals surface area contributed by atoms with Crippen molar-refractivity contribution in [3.8, 4) is 11.1 Å². The van der Waals surface area contributed by atoms with Crippen molar-refractivity contribution in [3.05, 3.63) is 146 Å². The van der Waals surface area contributed by atoms with Gasteiger partial charge in [-0.2, -0.15) is 0 Å². The largest absolute Gasteiger partial charge is 0.310 e. The number of hydrogen-bond donors (Lipinski definition) is 0. The van der Waals surface area contributed by atoms with Gasteiger partial charge < -0.3 is 4.90 Å². The number of benzene rings is 6. The summed E-state index contributed by atoms with van der Waals surface area (Å²) in [4.78, 5) is 7.00. The van der Waals surface area contributed by atoms with E-state index in [0.717, 1.165) is 22.6 Å². The molecule has 6 aromatic carbocycles. The van der Waals surface area contributed by atoms with Gasteiger partial charge in [0.1, 0.15) is 0 Å². The fraction of sp³-hybridized carbons (Fsp3) is 0. The topological polar surface area (TPSA) is 16.1 Å². The van der Waals surface area contributed by atoms with Gasteiger partial charge in [0.25, 0.3) is 0 Å². The van der Waals surface area contributed by atoms with E-state index in [1.165, 1.54) is 56.9 Å². The van der Waals surface area contributed by atoms with E-state index in [1.54, 1.807) is 0 Å². The van der Waals surface area contributed by atoms with Gasteiger partial charge in [-0.05, 0) is 77.9 Å². The fourth-order valence-corrected chi connectivity index (χ4v) is 8.46. The van der Waals surface area contributed by atoms with Gasteiger partial charge in [-0.3, -0.25) is 4.98 Å². The zero-order valence-corrected chi connectivity index (χ0v) is 24.7. The average Bonchev–Trinajstić information content (AvgIpc) is 3.61. The highest BCUT2D eigenvalue weighted by Crippen LogP contribution is 2.44. The molecule has 43 heavy (non-hydrogen) atoms. The Kier molecular flexibility index (Phi) is 5.58. The molecule has 0 fully saturated rings. The van der Waals surface area contributed by atoms with Gasteiger partial charge in [0.05, 0.1) is 5.52 Å². The number of anilines is 3. The van der Waals surface area contributed by atoms with Crippen molar-refractivity contribution >= 4 is 91.0 Å². The molecule has 0 aliphatic rings. The van der Waals surface area contributed by atoms with E-state index in [9.17, 15) is 0 Å². The normalized spacial score (nSPS) is 11.7.